The molecule has 4 nitrogen and oxygen atoms in total. The van der Waals surface area contributed by atoms with E-state index in [0.29, 0.717) is 23.6 Å². The molecule has 0 saturated heterocycles. The Morgan fingerprint density at radius 2 is 1.86 bits per heavy atom. The van der Waals surface area contributed by atoms with Gasteiger partial charge in [-0.3, -0.25) is 4.79 Å². The number of rotatable bonds is 6. The molecule has 22 heavy (non-hydrogen) atoms. The van der Waals surface area contributed by atoms with Crippen molar-refractivity contribution in [2.75, 3.05) is 12.4 Å². The van der Waals surface area contributed by atoms with E-state index in [1.807, 2.05) is 6.92 Å². The lowest BCUT2D eigenvalue weighted by atomic mass is 10.2. The van der Waals surface area contributed by atoms with Gasteiger partial charge in [-0.05, 0) is 48.9 Å². The van der Waals surface area contributed by atoms with Crippen LogP contribution in [0.4, 0.5) is 10.1 Å². The van der Waals surface area contributed by atoms with Crippen LogP contribution >= 0.6 is 0 Å². The van der Waals surface area contributed by atoms with Crippen molar-refractivity contribution in [1.29, 1.82) is 0 Å². The quantitative estimate of drug-likeness (QED) is 0.886. The van der Waals surface area contributed by atoms with E-state index >= 15 is 0 Å². The van der Waals surface area contributed by atoms with Crippen LogP contribution in [0.3, 0.4) is 0 Å². The van der Waals surface area contributed by atoms with Crippen molar-refractivity contribution in [1.82, 2.24) is 0 Å². The predicted octanol–water partition coefficient (Wildman–Crippen LogP) is 3.63. The number of halogens is 1. The van der Waals surface area contributed by atoms with Crippen LogP contribution in [-0.2, 0) is 4.79 Å². The lowest BCUT2D eigenvalue weighted by Crippen LogP contribution is -2.32. The van der Waals surface area contributed by atoms with Gasteiger partial charge in [-0.1, -0.05) is 13.0 Å². The fourth-order valence-electron chi connectivity index (χ4n) is 1.93. The topological polar surface area (TPSA) is 47.6 Å². The Balaban J connectivity index is 2.02. The molecular formula is C17H18FNO3. The first kappa shape index (κ1) is 15.8. The van der Waals surface area contributed by atoms with Crippen LogP contribution < -0.4 is 14.8 Å². The van der Waals surface area contributed by atoms with Crippen molar-refractivity contribution in [2.45, 2.75) is 19.4 Å². The van der Waals surface area contributed by atoms with Crippen LogP contribution in [-0.4, -0.2) is 19.1 Å². The van der Waals surface area contributed by atoms with Crippen LogP contribution in [0.5, 0.6) is 11.5 Å². The molecule has 0 saturated carbocycles. The molecule has 1 N–H and O–H groups in total. The smallest absolute Gasteiger partial charge is 0.265 e. The number of methoxy groups -OCH3 is 1. The van der Waals surface area contributed by atoms with E-state index in [9.17, 15) is 9.18 Å². The Hall–Kier alpha value is -2.56. The molecule has 2 aromatic rings. The summed E-state index contributed by atoms with van der Waals surface area (Å²) in [6.07, 6.45) is -0.163. The van der Waals surface area contributed by atoms with Gasteiger partial charge in [0.15, 0.2) is 6.10 Å². The van der Waals surface area contributed by atoms with Gasteiger partial charge < -0.3 is 14.8 Å². The first-order chi connectivity index (χ1) is 10.6. The monoisotopic (exact) mass is 303 g/mol. The van der Waals surface area contributed by atoms with E-state index in [1.165, 1.54) is 18.2 Å². The summed E-state index contributed by atoms with van der Waals surface area (Å²) < 4.78 is 23.9. The average Bonchev–Trinajstić information content (AvgIpc) is 2.53. The van der Waals surface area contributed by atoms with Crippen LogP contribution in [0.15, 0.2) is 48.5 Å². The molecule has 0 radical (unpaired) electrons. The summed E-state index contributed by atoms with van der Waals surface area (Å²) >= 11 is 0. The van der Waals surface area contributed by atoms with Gasteiger partial charge in [0, 0.05) is 5.69 Å². The summed E-state index contributed by atoms with van der Waals surface area (Å²) in [5, 5.41) is 2.65. The molecule has 0 heterocycles. The first-order valence-electron chi connectivity index (χ1n) is 6.99. The minimum atomic E-state index is -0.656. The molecule has 2 rings (SSSR count). The molecule has 0 spiro atoms. The third-order valence-corrected chi connectivity index (χ3v) is 3.09. The molecule has 0 unspecified atom stereocenters. The van der Waals surface area contributed by atoms with Crippen LogP contribution in [0.1, 0.15) is 13.3 Å². The van der Waals surface area contributed by atoms with Gasteiger partial charge in [0.05, 0.1) is 7.11 Å². The molecule has 0 aromatic heterocycles. The number of amides is 1. The van der Waals surface area contributed by atoms with Crippen molar-refractivity contribution in [2.24, 2.45) is 0 Å². The maximum atomic E-state index is 13.1. The summed E-state index contributed by atoms with van der Waals surface area (Å²) in [6.45, 7) is 1.85. The van der Waals surface area contributed by atoms with Crippen molar-refractivity contribution in [3.05, 3.63) is 54.3 Å². The van der Waals surface area contributed by atoms with Crippen LogP contribution in [0, 0.1) is 5.82 Å². The van der Waals surface area contributed by atoms with Gasteiger partial charge in [-0.15, -0.1) is 0 Å². The molecule has 2 aromatic carbocycles. The molecule has 1 atom stereocenters. The average molecular weight is 303 g/mol. The molecule has 5 heteroatoms. The largest absolute Gasteiger partial charge is 0.497 e. The summed E-state index contributed by atoms with van der Waals surface area (Å²) in [4.78, 5) is 12.2. The number of carbonyl (C=O) groups excluding carboxylic acids is 1. The molecule has 116 valence electrons. The number of benzene rings is 2. The van der Waals surface area contributed by atoms with Gasteiger partial charge in [0.2, 0.25) is 0 Å². The Morgan fingerprint density at radius 1 is 1.18 bits per heavy atom. The minimum Gasteiger partial charge on any atom is -0.497 e. The number of ether oxygens (including phenoxy) is 2. The Kier molecular flexibility index (Phi) is 5.36. The molecule has 0 fully saturated rings. The molecule has 0 aliphatic carbocycles. The lowest BCUT2D eigenvalue weighted by Gasteiger charge is -2.17. The minimum absolute atomic E-state index is 0.316. The van der Waals surface area contributed by atoms with Gasteiger partial charge in [-0.2, -0.15) is 0 Å². The molecule has 1 amide bonds. The van der Waals surface area contributed by atoms with Gasteiger partial charge >= 0.3 is 0 Å². The zero-order valence-corrected chi connectivity index (χ0v) is 12.5. The van der Waals surface area contributed by atoms with Gasteiger partial charge in [0.1, 0.15) is 17.3 Å². The Labute approximate surface area is 128 Å². The maximum absolute atomic E-state index is 13.1. The number of nitrogens with one attached hydrogen (secondary N) is 1. The van der Waals surface area contributed by atoms with E-state index in [2.05, 4.69) is 5.32 Å². The van der Waals surface area contributed by atoms with Crippen molar-refractivity contribution in [3.8, 4) is 11.5 Å². The van der Waals surface area contributed by atoms with Crippen LogP contribution in [0.2, 0.25) is 0 Å². The number of hydrogen-bond acceptors (Lipinski definition) is 3. The summed E-state index contributed by atoms with van der Waals surface area (Å²) in [7, 11) is 1.58. The highest BCUT2D eigenvalue weighted by Crippen LogP contribution is 2.19. The standard InChI is InChI=1S/C17H18FNO3/c1-3-16(22-15-9-7-14(21-2)8-10-15)17(20)19-13-6-4-5-12(18)11-13/h4-11,16H,3H2,1-2H3,(H,19,20)/t16-/m0/s1. The zero-order chi connectivity index (χ0) is 15.9. The highest BCUT2D eigenvalue weighted by Gasteiger charge is 2.18. The fraction of sp³-hybridized carbons (Fsp3) is 0.235. The van der Waals surface area contributed by atoms with Crippen LogP contribution in [0.25, 0.3) is 0 Å². The molecular weight excluding hydrogens is 285 g/mol. The number of hydrogen-bond donors (Lipinski definition) is 1. The highest BCUT2D eigenvalue weighted by atomic mass is 19.1. The Bertz CT molecular complexity index is 628. The van der Waals surface area contributed by atoms with Crippen molar-refractivity contribution >= 4 is 11.6 Å². The normalized spacial score (nSPS) is 11.6. The highest BCUT2D eigenvalue weighted by molar-refractivity contribution is 5.94. The second-order valence-electron chi connectivity index (χ2n) is 4.69. The van der Waals surface area contributed by atoms with E-state index in [1.54, 1.807) is 37.4 Å². The third-order valence-electron chi connectivity index (χ3n) is 3.09. The SMILES string of the molecule is CC[C@H](Oc1ccc(OC)cc1)C(=O)Nc1cccc(F)c1. The van der Waals surface area contributed by atoms with Gasteiger partial charge in [-0.25, -0.2) is 4.39 Å². The lowest BCUT2D eigenvalue weighted by molar-refractivity contribution is -0.122. The fourth-order valence-corrected chi connectivity index (χ4v) is 1.93. The molecule has 0 aliphatic heterocycles. The first-order valence-corrected chi connectivity index (χ1v) is 6.99. The molecule has 0 bridgehead atoms. The van der Waals surface area contributed by atoms with E-state index in [-0.39, 0.29) is 5.91 Å². The van der Waals surface area contributed by atoms with E-state index in [4.69, 9.17) is 9.47 Å². The maximum Gasteiger partial charge on any atom is 0.265 e. The Morgan fingerprint density at radius 3 is 2.45 bits per heavy atom. The summed E-state index contributed by atoms with van der Waals surface area (Å²) in [5.41, 5.74) is 0.404. The summed E-state index contributed by atoms with van der Waals surface area (Å²) in [5.74, 6) is 0.567. The second kappa shape index (κ2) is 7.45. The van der Waals surface area contributed by atoms with E-state index in [0.717, 1.165) is 0 Å². The van der Waals surface area contributed by atoms with Crippen molar-refractivity contribution < 1.29 is 18.7 Å². The third kappa shape index (κ3) is 4.22. The predicted molar refractivity (Wildman–Crippen MR) is 82.7 cm³/mol. The van der Waals surface area contributed by atoms with E-state index < -0.39 is 11.9 Å². The second-order valence-corrected chi connectivity index (χ2v) is 4.69. The molecule has 0 aliphatic rings. The van der Waals surface area contributed by atoms with Gasteiger partial charge in [0.25, 0.3) is 5.91 Å². The summed E-state index contributed by atoms with van der Waals surface area (Å²) in [6, 6.07) is 12.7. The van der Waals surface area contributed by atoms with Crippen molar-refractivity contribution in [3.63, 3.8) is 0 Å². The number of anilines is 1. The number of carbonyl (C=O) groups is 1. The zero-order valence-electron chi connectivity index (χ0n) is 12.5.